The first-order valence-corrected chi connectivity index (χ1v) is 6.95. The molecule has 1 aliphatic carbocycles. The Kier molecular flexibility index (Phi) is 4.05. The number of rotatable bonds is 3. The Balaban J connectivity index is 2.15. The van der Waals surface area contributed by atoms with Gasteiger partial charge in [-0.1, -0.05) is 19.9 Å². The quantitative estimate of drug-likeness (QED) is 0.800. The highest BCUT2D eigenvalue weighted by Gasteiger charge is 2.16. The maximum atomic E-state index is 12.3. The first-order chi connectivity index (χ1) is 8.58. The third-order valence-corrected chi connectivity index (χ3v) is 3.58. The van der Waals surface area contributed by atoms with Crippen LogP contribution in [-0.2, 0) is 12.8 Å². The molecular weight excluding hydrogens is 222 g/mol. The Bertz CT molecular complexity index is 437. The molecule has 18 heavy (non-hydrogen) atoms. The molecule has 0 aromatic heterocycles. The summed E-state index contributed by atoms with van der Waals surface area (Å²) in [6.45, 7) is 5.09. The fourth-order valence-electron chi connectivity index (χ4n) is 2.72. The molecule has 0 radical (unpaired) electrons. The molecule has 2 nitrogen and oxygen atoms in total. The smallest absolute Gasteiger partial charge is 0.253 e. The lowest BCUT2D eigenvalue weighted by Gasteiger charge is -2.21. The van der Waals surface area contributed by atoms with Gasteiger partial charge in [-0.15, -0.1) is 0 Å². The number of carbonyl (C=O) groups excluding carboxylic acids is 1. The van der Waals surface area contributed by atoms with Gasteiger partial charge in [-0.3, -0.25) is 4.79 Å². The second-order valence-corrected chi connectivity index (χ2v) is 5.77. The number of aryl methyl sites for hydroxylation is 2. The van der Waals surface area contributed by atoms with Gasteiger partial charge in [0.1, 0.15) is 0 Å². The van der Waals surface area contributed by atoms with Gasteiger partial charge in [0, 0.05) is 19.2 Å². The van der Waals surface area contributed by atoms with E-state index >= 15 is 0 Å². The zero-order valence-electron chi connectivity index (χ0n) is 11.7. The van der Waals surface area contributed by atoms with E-state index < -0.39 is 0 Å². The third-order valence-electron chi connectivity index (χ3n) is 3.58. The molecule has 0 unspecified atom stereocenters. The van der Waals surface area contributed by atoms with Crippen molar-refractivity contribution in [2.24, 2.45) is 5.92 Å². The van der Waals surface area contributed by atoms with Gasteiger partial charge in [0.05, 0.1) is 0 Å². The molecule has 1 aromatic rings. The van der Waals surface area contributed by atoms with Crippen LogP contribution in [0.1, 0.15) is 48.2 Å². The maximum absolute atomic E-state index is 12.3. The van der Waals surface area contributed by atoms with E-state index in [2.05, 4.69) is 26.0 Å². The molecule has 0 aliphatic heterocycles. The van der Waals surface area contributed by atoms with E-state index in [0.717, 1.165) is 18.5 Å². The van der Waals surface area contributed by atoms with Gasteiger partial charge >= 0.3 is 0 Å². The lowest BCUT2D eigenvalue weighted by molar-refractivity contribution is 0.0779. The molecular formula is C16H23NO. The summed E-state index contributed by atoms with van der Waals surface area (Å²) in [6, 6.07) is 6.24. The SMILES string of the molecule is CC(C)CN(C)C(=O)c1ccc2c(c1)CCCC2. The number of amides is 1. The molecule has 0 heterocycles. The molecule has 0 N–H and O–H groups in total. The van der Waals surface area contributed by atoms with Crippen LogP contribution in [-0.4, -0.2) is 24.4 Å². The Morgan fingerprint density at radius 2 is 1.89 bits per heavy atom. The van der Waals surface area contributed by atoms with Gasteiger partial charge in [-0.05, 0) is 54.9 Å². The van der Waals surface area contributed by atoms with Crippen molar-refractivity contribution in [3.63, 3.8) is 0 Å². The average molecular weight is 245 g/mol. The largest absolute Gasteiger partial charge is 0.341 e. The van der Waals surface area contributed by atoms with Crippen LogP contribution in [0.15, 0.2) is 18.2 Å². The summed E-state index contributed by atoms with van der Waals surface area (Å²) in [5, 5.41) is 0. The van der Waals surface area contributed by atoms with E-state index in [1.54, 1.807) is 0 Å². The van der Waals surface area contributed by atoms with Crippen LogP contribution in [0.4, 0.5) is 0 Å². The molecule has 1 aliphatic rings. The van der Waals surface area contributed by atoms with Crippen LogP contribution in [0.5, 0.6) is 0 Å². The predicted molar refractivity (Wildman–Crippen MR) is 74.9 cm³/mol. The first-order valence-electron chi connectivity index (χ1n) is 6.95. The average Bonchev–Trinajstić information content (AvgIpc) is 2.36. The van der Waals surface area contributed by atoms with Crippen molar-refractivity contribution in [1.29, 1.82) is 0 Å². The molecule has 0 spiro atoms. The molecule has 0 atom stereocenters. The number of benzene rings is 1. The minimum absolute atomic E-state index is 0.150. The van der Waals surface area contributed by atoms with Crippen molar-refractivity contribution in [2.75, 3.05) is 13.6 Å². The van der Waals surface area contributed by atoms with Crippen LogP contribution in [0, 0.1) is 5.92 Å². The number of hydrogen-bond acceptors (Lipinski definition) is 1. The summed E-state index contributed by atoms with van der Waals surface area (Å²) in [5.74, 6) is 0.661. The molecule has 0 saturated heterocycles. The van der Waals surface area contributed by atoms with Crippen molar-refractivity contribution >= 4 is 5.91 Å². The molecule has 1 amide bonds. The molecule has 2 rings (SSSR count). The van der Waals surface area contributed by atoms with E-state index in [9.17, 15) is 4.79 Å². The van der Waals surface area contributed by atoms with Crippen molar-refractivity contribution in [3.05, 3.63) is 34.9 Å². The number of carbonyl (C=O) groups is 1. The zero-order chi connectivity index (χ0) is 13.1. The van der Waals surface area contributed by atoms with Crippen LogP contribution in [0.2, 0.25) is 0 Å². The fourth-order valence-corrected chi connectivity index (χ4v) is 2.72. The molecule has 0 fully saturated rings. The van der Waals surface area contributed by atoms with Crippen molar-refractivity contribution < 1.29 is 4.79 Å². The van der Waals surface area contributed by atoms with Gasteiger partial charge in [0.2, 0.25) is 0 Å². The zero-order valence-corrected chi connectivity index (χ0v) is 11.7. The monoisotopic (exact) mass is 245 g/mol. The summed E-state index contributed by atoms with van der Waals surface area (Å²) >= 11 is 0. The predicted octanol–water partition coefficient (Wildman–Crippen LogP) is 3.29. The number of hydrogen-bond donors (Lipinski definition) is 0. The lowest BCUT2D eigenvalue weighted by atomic mass is 9.90. The second-order valence-electron chi connectivity index (χ2n) is 5.77. The summed E-state index contributed by atoms with van der Waals surface area (Å²) in [7, 11) is 1.89. The standard InChI is InChI=1S/C16H23NO/c1-12(2)11-17(3)16(18)15-9-8-13-6-4-5-7-14(13)10-15/h8-10,12H,4-7,11H2,1-3H3. The van der Waals surface area contributed by atoms with Gasteiger partial charge in [0.25, 0.3) is 5.91 Å². The summed E-state index contributed by atoms with van der Waals surface area (Å²) < 4.78 is 0. The highest BCUT2D eigenvalue weighted by atomic mass is 16.2. The summed E-state index contributed by atoms with van der Waals surface area (Å²) in [6.07, 6.45) is 4.84. The Hall–Kier alpha value is -1.31. The first kappa shape index (κ1) is 13.1. The van der Waals surface area contributed by atoms with Crippen molar-refractivity contribution in [1.82, 2.24) is 4.90 Å². The maximum Gasteiger partial charge on any atom is 0.253 e. The van der Waals surface area contributed by atoms with E-state index in [-0.39, 0.29) is 5.91 Å². The van der Waals surface area contributed by atoms with Crippen LogP contribution in [0.25, 0.3) is 0 Å². The normalized spacial score (nSPS) is 14.4. The van der Waals surface area contributed by atoms with Crippen LogP contribution < -0.4 is 0 Å². The van der Waals surface area contributed by atoms with Gasteiger partial charge in [-0.25, -0.2) is 0 Å². The summed E-state index contributed by atoms with van der Waals surface area (Å²) in [4.78, 5) is 14.1. The molecule has 98 valence electrons. The molecule has 0 bridgehead atoms. The van der Waals surface area contributed by atoms with E-state index in [4.69, 9.17) is 0 Å². The van der Waals surface area contributed by atoms with Gasteiger partial charge in [0.15, 0.2) is 0 Å². The Morgan fingerprint density at radius 1 is 1.22 bits per heavy atom. The van der Waals surface area contributed by atoms with Crippen LogP contribution >= 0.6 is 0 Å². The second kappa shape index (κ2) is 5.55. The Morgan fingerprint density at radius 3 is 2.56 bits per heavy atom. The lowest BCUT2D eigenvalue weighted by Crippen LogP contribution is -2.30. The minimum Gasteiger partial charge on any atom is -0.341 e. The van der Waals surface area contributed by atoms with Crippen molar-refractivity contribution in [2.45, 2.75) is 39.5 Å². The Labute approximate surface area is 110 Å². The number of nitrogens with zero attached hydrogens (tertiary/aromatic N) is 1. The molecule has 1 aromatic carbocycles. The fraction of sp³-hybridized carbons (Fsp3) is 0.562. The third kappa shape index (κ3) is 2.92. The summed E-state index contributed by atoms with van der Waals surface area (Å²) in [5.41, 5.74) is 3.66. The van der Waals surface area contributed by atoms with E-state index in [0.29, 0.717) is 5.92 Å². The minimum atomic E-state index is 0.150. The molecule has 0 saturated carbocycles. The van der Waals surface area contributed by atoms with Crippen LogP contribution in [0.3, 0.4) is 0 Å². The van der Waals surface area contributed by atoms with Crippen molar-refractivity contribution in [3.8, 4) is 0 Å². The number of fused-ring (bicyclic) bond motifs is 1. The van der Waals surface area contributed by atoms with E-state index in [1.165, 1.54) is 30.4 Å². The topological polar surface area (TPSA) is 20.3 Å². The van der Waals surface area contributed by atoms with Gasteiger partial charge < -0.3 is 4.90 Å². The molecule has 2 heteroatoms. The van der Waals surface area contributed by atoms with Gasteiger partial charge in [-0.2, -0.15) is 0 Å². The van der Waals surface area contributed by atoms with E-state index in [1.807, 2.05) is 18.0 Å². The highest BCUT2D eigenvalue weighted by Crippen LogP contribution is 2.22. The highest BCUT2D eigenvalue weighted by molar-refractivity contribution is 5.94.